The van der Waals surface area contributed by atoms with E-state index in [0.29, 0.717) is 18.9 Å². The number of hydrogen-bond acceptors (Lipinski definition) is 3. The third-order valence-electron chi connectivity index (χ3n) is 5.50. The normalized spacial score (nSPS) is 11.3. The Balaban J connectivity index is 3.91. The number of ether oxygens (including phenoxy) is 1. The van der Waals surface area contributed by atoms with Crippen molar-refractivity contribution in [1.29, 1.82) is 0 Å². The van der Waals surface area contributed by atoms with Crippen molar-refractivity contribution in [2.75, 3.05) is 13.2 Å². The highest BCUT2D eigenvalue weighted by Gasteiger charge is 2.12. The SMILES string of the molecule is CCCCCCCC(CCCCCCC)COC(=O)CCCCCCCN. The highest BCUT2D eigenvalue weighted by molar-refractivity contribution is 5.69. The van der Waals surface area contributed by atoms with E-state index in [1.54, 1.807) is 0 Å². The van der Waals surface area contributed by atoms with Gasteiger partial charge in [0.15, 0.2) is 0 Å². The average molecular weight is 384 g/mol. The molecule has 0 aromatic rings. The first-order valence-corrected chi connectivity index (χ1v) is 12.1. The lowest BCUT2D eigenvalue weighted by Crippen LogP contribution is -2.14. The minimum absolute atomic E-state index is 0.00999. The van der Waals surface area contributed by atoms with Gasteiger partial charge in [0.25, 0.3) is 0 Å². The van der Waals surface area contributed by atoms with Crippen molar-refractivity contribution in [3.8, 4) is 0 Å². The van der Waals surface area contributed by atoms with Gasteiger partial charge in [0, 0.05) is 6.42 Å². The van der Waals surface area contributed by atoms with Crippen LogP contribution in [0.1, 0.15) is 129 Å². The fourth-order valence-corrected chi connectivity index (χ4v) is 3.61. The number of rotatable bonds is 21. The van der Waals surface area contributed by atoms with Crippen LogP contribution >= 0.6 is 0 Å². The van der Waals surface area contributed by atoms with Crippen LogP contribution in [0.15, 0.2) is 0 Å². The van der Waals surface area contributed by atoms with E-state index in [-0.39, 0.29) is 5.97 Å². The van der Waals surface area contributed by atoms with Crippen LogP contribution in [0, 0.1) is 5.92 Å². The fraction of sp³-hybridized carbons (Fsp3) is 0.958. The smallest absolute Gasteiger partial charge is 0.305 e. The topological polar surface area (TPSA) is 52.3 Å². The Morgan fingerprint density at radius 2 is 1.19 bits per heavy atom. The van der Waals surface area contributed by atoms with Gasteiger partial charge in [-0.1, -0.05) is 97.3 Å². The first-order valence-electron chi connectivity index (χ1n) is 12.1. The Hall–Kier alpha value is -0.570. The minimum atomic E-state index is 0.00999. The van der Waals surface area contributed by atoms with E-state index in [9.17, 15) is 4.79 Å². The van der Waals surface area contributed by atoms with Crippen LogP contribution in [-0.4, -0.2) is 19.1 Å². The maximum Gasteiger partial charge on any atom is 0.305 e. The van der Waals surface area contributed by atoms with Crippen LogP contribution in [0.3, 0.4) is 0 Å². The summed E-state index contributed by atoms with van der Waals surface area (Å²) in [6.07, 6.45) is 21.8. The molecule has 0 bridgehead atoms. The second kappa shape index (κ2) is 21.7. The van der Waals surface area contributed by atoms with Crippen LogP contribution in [0.25, 0.3) is 0 Å². The lowest BCUT2D eigenvalue weighted by Gasteiger charge is -2.17. The van der Waals surface area contributed by atoms with E-state index < -0.39 is 0 Å². The molecule has 0 spiro atoms. The van der Waals surface area contributed by atoms with Crippen molar-refractivity contribution in [2.45, 2.75) is 129 Å². The Kier molecular flexibility index (Phi) is 21.3. The first-order chi connectivity index (χ1) is 13.2. The lowest BCUT2D eigenvalue weighted by atomic mass is 9.95. The summed E-state index contributed by atoms with van der Waals surface area (Å²) in [4.78, 5) is 12.0. The summed E-state index contributed by atoms with van der Waals surface area (Å²) in [5, 5.41) is 0. The molecule has 0 aliphatic heterocycles. The van der Waals surface area contributed by atoms with E-state index in [4.69, 9.17) is 10.5 Å². The number of nitrogens with two attached hydrogens (primary N) is 1. The summed E-state index contributed by atoms with van der Waals surface area (Å²) >= 11 is 0. The van der Waals surface area contributed by atoms with Crippen LogP contribution in [0.5, 0.6) is 0 Å². The summed E-state index contributed by atoms with van der Waals surface area (Å²) in [6.45, 7) is 5.95. The van der Waals surface area contributed by atoms with Gasteiger partial charge in [-0.05, 0) is 38.1 Å². The molecule has 2 N–H and O–H groups in total. The van der Waals surface area contributed by atoms with Crippen LogP contribution < -0.4 is 5.73 Å². The zero-order chi connectivity index (χ0) is 20.0. The molecule has 27 heavy (non-hydrogen) atoms. The Morgan fingerprint density at radius 3 is 1.74 bits per heavy atom. The van der Waals surface area contributed by atoms with Gasteiger partial charge in [-0.2, -0.15) is 0 Å². The molecule has 0 unspecified atom stereocenters. The van der Waals surface area contributed by atoms with Gasteiger partial charge in [-0.3, -0.25) is 4.79 Å². The molecule has 0 atom stereocenters. The molecule has 162 valence electrons. The Bertz CT molecular complexity index is 293. The molecule has 0 aliphatic carbocycles. The van der Waals surface area contributed by atoms with E-state index in [1.807, 2.05) is 0 Å². The maximum atomic E-state index is 12.0. The van der Waals surface area contributed by atoms with Crippen molar-refractivity contribution in [3.63, 3.8) is 0 Å². The quantitative estimate of drug-likeness (QED) is 0.169. The van der Waals surface area contributed by atoms with Crippen molar-refractivity contribution in [3.05, 3.63) is 0 Å². The summed E-state index contributed by atoms with van der Waals surface area (Å²) in [6, 6.07) is 0. The average Bonchev–Trinajstić information content (AvgIpc) is 2.67. The van der Waals surface area contributed by atoms with Gasteiger partial charge in [-0.25, -0.2) is 0 Å². The number of carbonyl (C=O) groups excluding carboxylic acids is 1. The molecule has 0 radical (unpaired) electrons. The van der Waals surface area contributed by atoms with Gasteiger partial charge in [0.2, 0.25) is 0 Å². The third kappa shape index (κ3) is 20.0. The van der Waals surface area contributed by atoms with E-state index in [2.05, 4.69) is 13.8 Å². The van der Waals surface area contributed by atoms with Gasteiger partial charge in [0.05, 0.1) is 6.61 Å². The van der Waals surface area contributed by atoms with Gasteiger partial charge in [-0.15, -0.1) is 0 Å². The van der Waals surface area contributed by atoms with E-state index in [1.165, 1.54) is 89.9 Å². The summed E-state index contributed by atoms with van der Waals surface area (Å²) < 4.78 is 5.63. The van der Waals surface area contributed by atoms with Crippen LogP contribution in [-0.2, 0) is 9.53 Å². The molecule has 0 aromatic carbocycles. The third-order valence-corrected chi connectivity index (χ3v) is 5.50. The highest BCUT2D eigenvalue weighted by Crippen LogP contribution is 2.20. The van der Waals surface area contributed by atoms with Gasteiger partial charge in [0.1, 0.15) is 0 Å². The molecule has 0 rings (SSSR count). The maximum absolute atomic E-state index is 12.0. The molecule has 3 heteroatoms. The lowest BCUT2D eigenvalue weighted by molar-refractivity contribution is -0.145. The number of esters is 1. The fourth-order valence-electron chi connectivity index (χ4n) is 3.61. The van der Waals surface area contributed by atoms with Crippen molar-refractivity contribution >= 4 is 5.97 Å². The molecule has 0 saturated carbocycles. The second-order valence-corrected chi connectivity index (χ2v) is 8.26. The predicted octanol–water partition coefficient (Wildman–Crippen LogP) is 7.17. The standard InChI is InChI=1S/C24H49NO2/c1-3-5-7-10-14-18-23(19-15-11-8-6-4-2)22-27-24(26)20-16-12-9-13-17-21-25/h23H,3-22,25H2,1-2H3. The van der Waals surface area contributed by atoms with Crippen LogP contribution in [0.4, 0.5) is 0 Å². The summed E-state index contributed by atoms with van der Waals surface area (Å²) in [5.74, 6) is 0.581. The summed E-state index contributed by atoms with van der Waals surface area (Å²) in [5.41, 5.74) is 5.50. The monoisotopic (exact) mass is 383 g/mol. The number of carbonyl (C=O) groups is 1. The predicted molar refractivity (Wildman–Crippen MR) is 118 cm³/mol. The first kappa shape index (κ1) is 26.4. The van der Waals surface area contributed by atoms with Gasteiger partial charge >= 0.3 is 5.97 Å². The highest BCUT2D eigenvalue weighted by atomic mass is 16.5. The molecule has 0 amide bonds. The number of unbranched alkanes of at least 4 members (excludes halogenated alkanes) is 12. The number of hydrogen-bond donors (Lipinski definition) is 1. The molecule has 0 fully saturated rings. The Morgan fingerprint density at radius 1 is 0.704 bits per heavy atom. The second-order valence-electron chi connectivity index (χ2n) is 8.26. The van der Waals surface area contributed by atoms with E-state index in [0.717, 1.165) is 25.8 Å². The van der Waals surface area contributed by atoms with Crippen molar-refractivity contribution in [2.24, 2.45) is 11.7 Å². The molecule has 0 saturated heterocycles. The van der Waals surface area contributed by atoms with E-state index >= 15 is 0 Å². The van der Waals surface area contributed by atoms with Crippen molar-refractivity contribution in [1.82, 2.24) is 0 Å². The molecule has 0 aromatic heterocycles. The molecule has 3 nitrogen and oxygen atoms in total. The zero-order valence-electron chi connectivity index (χ0n) is 18.6. The summed E-state index contributed by atoms with van der Waals surface area (Å²) in [7, 11) is 0. The molecule has 0 heterocycles. The molecular formula is C24H49NO2. The Labute approximate surface area is 170 Å². The van der Waals surface area contributed by atoms with Crippen molar-refractivity contribution < 1.29 is 9.53 Å². The molecular weight excluding hydrogens is 334 g/mol. The van der Waals surface area contributed by atoms with Gasteiger partial charge < -0.3 is 10.5 Å². The largest absolute Gasteiger partial charge is 0.465 e. The zero-order valence-corrected chi connectivity index (χ0v) is 18.6. The minimum Gasteiger partial charge on any atom is -0.465 e. The molecule has 0 aliphatic rings. The van der Waals surface area contributed by atoms with Crippen LogP contribution in [0.2, 0.25) is 0 Å².